The van der Waals surface area contributed by atoms with E-state index in [2.05, 4.69) is 29.2 Å². The fourth-order valence-corrected chi connectivity index (χ4v) is 2.21. The highest BCUT2D eigenvalue weighted by Gasteiger charge is 2.10. The van der Waals surface area contributed by atoms with E-state index in [0.717, 1.165) is 52.2 Å². The first-order valence-electron chi connectivity index (χ1n) is 6.46. The fraction of sp³-hybridized carbons (Fsp3) is 0.571. The standard InChI is InChI=1S/C14H22N2O/c15-6-2-5-13-3-1-4-14(11-13)12-16-7-9-17-10-8-16/h1,3-4,11H,2,5-10,12,15H2. The molecule has 1 saturated heterocycles. The summed E-state index contributed by atoms with van der Waals surface area (Å²) in [4.78, 5) is 2.45. The molecule has 0 atom stereocenters. The maximum absolute atomic E-state index is 5.54. The van der Waals surface area contributed by atoms with Gasteiger partial charge >= 0.3 is 0 Å². The lowest BCUT2D eigenvalue weighted by Crippen LogP contribution is -2.35. The summed E-state index contributed by atoms with van der Waals surface area (Å²) >= 11 is 0. The van der Waals surface area contributed by atoms with Gasteiger partial charge in [0, 0.05) is 19.6 Å². The average molecular weight is 234 g/mol. The second-order valence-electron chi connectivity index (χ2n) is 4.60. The third-order valence-corrected chi connectivity index (χ3v) is 3.17. The van der Waals surface area contributed by atoms with Crippen LogP contribution >= 0.6 is 0 Å². The first kappa shape index (κ1) is 12.6. The van der Waals surface area contributed by atoms with Gasteiger partial charge in [0.1, 0.15) is 0 Å². The molecule has 0 radical (unpaired) electrons. The smallest absolute Gasteiger partial charge is 0.0594 e. The molecule has 3 heteroatoms. The molecule has 1 heterocycles. The van der Waals surface area contributed by atoms with Crippen molar-refractivity contribution in [3.8, 4) is 0 Å². The van der Waals surface area contributed by atoms with Gasteiger partial charge in [-0.3, -0.25) is 4.90 Å². The van der Waals surface area contributed by atoms with Crippen molar-refractivity contribution >= 4 is 0 Å². The molecule has 1 fully saturated rings. The highest BCUT2D eigenvalue weighted by Crippen LogP contribution is 2.11. The largest absolute Gasteiger partial charge is 0.379 e. The third-order valence-electron chi connectivity index (χ3n) is 3.17. The minimum absolute atomic E-state index is 0.772. The van der Waals surface area contributed by atoms with Crippen LogP contribution in [0.4, 0.5) is 0 Å². The summed E-state index contributed by atoms with van der Waals surface area (Å²) in [6.45, 7) is 5.65. The van der Waals surface area contributed by atoms with Crippen LogP contribution in [0.25, 0.3) is 0 Å². The van der Waals surface area contributed by atoms with Gasteiger partial charge in [-0.05, 0) is 30.5 Å². The van der Waals surface area contributed by atoms with E-state index in [1.54, 1.807) is 0 Å². The monoisotopic (exact) mass is 234 g/mol. The van der Waals surface area contributed by atoms with E-state index in [9.17, 15) is 0 Å². The molecule has 0 amide bonds. The van der Waals surface area contributed by atoms with Crippen LogP contribution in [0.1, 0.15) is 17.5 Å². The van der Waals surface area contributed by atoms with Gasteiger partial charge in [-0.1, -0.05) is 24.3 Å². The van der Waals surface area contributed by atoms with E-state index in [0.29, 0.717) is 0 Å². The Morgan fingerprint density at radius 2 is 1.94 bits per heavy atom. The Kier molecular flexibility index (Phi) is 4.98. The number of benzene rings is 1. The van der Waals surface area contributed by atoms with Gasteiger partial charge in [0.2, 0.25) is 0 Å². The maximum atomic E-state index is 5.54. The van der Waals surface area contributed by atoms with Gasteiger partial charge in [0.15, 0.2) is 0 Å². The summed E-state index contributed by atoms with van der Waals surface area (Å²) in [5.41, 5.74) is 8.35. The molecule has 1 aromatic carbocycles. The lowest BCUT2D eigenvalue weighted by atomic mass is 10.1. The molecule has 17 heavy (non-hydrogen) atoms. The van der Waals surface area contributed by atoms with Crippen LogP contribution in [0.5, 0.6) is 0 Å². The zero-order chi connectivity index (χ0) is 11.9. The van der Waals surface area contributed by atoms with Crippen LogP contribution in [0.3, 0.4) is 0 Å². The molecule has 0 spiro atoms. The Labute approximate surface area is 104 Å². The van der Waals surface area contributed by atoms with E-state index in [1.807, 2.05) is 0 Å². The molecule has 2 N–H and O–H groups in total. The fourth-order valence-electron chi connectivity index (χ4n) is 2.21. The van der Waals surface area contributed by atoms with Crippen LogP contribution in [0.15, 0.2) is 24.3 Å². The van der Waals surface area contributed by atoms with Crippen molar-refractivity contribution in [2.75, 3.05) is 32.8 Å². The van der Waals surface area contributed by atoms with Gasteiger partial charge in [-0.25, -0.2) is 0 Å². The Hall–Kier alpha value is -0.900. The second kappa shape index (κ2) is 6.74. The quantitative estimate of drug-likeness (QED) is 0.837. The van der Waals surface area contributed by atoms with Crippen LogP contribution in [0, 0.1) is 0 Å². The van der Waals surface area contributed by atoms with E-state index < -0.39 is 0 Å². The molecule has 2 rings (SSSR count). The second-order valence-corrected chi connectivity index (χ2v) is 4.60. The minimum atomic E-state index is 0.772. The number of aryl methyl sites for hydroxylation is 1. The molecule has 1 aliphatic rings. The van der Waals surface area contributed by atoms with Gasteiger partial charge < -0.3 is 10.5 Å². The van der Waals surface area contributed by atoms with Crippen molar-refractivity contribution in [2.45, 2.75) is 19.4 Å². The highest BCUT2D eigenvalue weighted by molar-refractivity contribution is 5.23. The maximum Gasteiger partial charge on any atom is 0.0594 e. The zero-order valence-electron chi connectivity index (χ0n) is 10.4. The van der Waals surface area contributed by atoms with Crippen molar-refractivity contribution in [2.24, 2.45) is 5.73 Å². The number of rotatable bonds is 5. The van der Waals surface area contributed by atoms with E-state index >= 15 is 0 Å². The number of nitrogens with zero attached hydrogens (tertiary/aromatic N) is 1. The third kappa shape index (κ3) is 4.11. The van der Waals surface area contributed by atoms with Crippen molar-refractivity contribution in [1.29, 1.82) is 0 Å². The molecular formula is C14H22N2O. The molecule has 3 nitrogen and oxygen atoms in total. The van der Waals surface area contributed by atoms with Crippen molar-refractivity contribution in [3.05, 3.63) is 35.4 Å². The molecular weight excluding hydrogens is 212 g/mol. The summed E-state index contributed by atoms with van der Waals surface area (Å²) in [7, 11) is 0. The Morgan fingerprint density at radius 1 is 1.18 bits per heavy atom. The summed E-state index contributed by atoms with van der Waals surface area (Å²) in [6.07, 6.45) is 2.16. The number of morpholine rings is 1. The van der Waals surface area contributed by atoms with Crippen molar-refractivity contribution in [3.63, 3.8) is 0 Å². The van der Waals surface area contributed by atoms with Crippen molar-refractivity contribution in [1.82, 2.24) is 4.90 Å². The molecule has 0 saturated carbocycles. The summed E-state index contributed by atoms with van der Waals surface area (Å²) in [5, 5.41) is 0. The molecule has 0 unspecified atom stereocenters. The molecule has 94 valence electrons. The summed E-state index contributed by atoms with van der Waals surface area (Å²) in [5.74, 6) is 0. The normalized spacial score (nSPS) is 17.2. The minimum Gasteiger partial charge on any atom is -0.379 e. The average Bonchev–Trinajstić information content (AvgIpc) is 2.38. The molecule has 1 aliphatic heterocycles. The lowest BCUT2D eigenvalue weighted by molar-refractivity contribution is 0.0342. The molecule has 0 bridgehead atoms. The first-order valence-corrected chi connectivity index (χ1v) is 6.46. The Morgan fingerprint density at radius 3 is 2.71 bits per heavy atom. The topological polar surface area (TPSA) is 38.5 Å². The van der Waals surface area contributed by atoms with E-state index in [1.165, 1.54) is 11.1 Å². The lowest BCUT2D eigenvalue weighted by Gasteiger charge is -2.26. The van der Waals surface area contributed by atoms with Crippen LogP contribution in [-0.2, 0) is 17.7 Å². The predicted molar refractivity (Wildman–Crippen MR) is 69.9 cm³/mol. The first-order chi connectivity index (χ1) is 8.38. The Balaban J connectivity index is 1.90. The van der Waals surface area contributed by atoms with Gasteiger partial charge in [-0.15, -0.1) is 0 Å². The number of hydrogen-bond acceptors (Lipinski definition) is 3. The van der Waals surface area contributed by atoms with E-state index in [4.69, 9.17) is 10.5 Å². The SMILES string of the molecule is NCCCc1cccc(CN2CCOCC2)c1. The zero-order valence-corrected chi connectivity index (χ0v) is 10.4. The molecule has 1 aromatic rings. The summed E-state index contributed by atoms with van der Waals surface area (Å²) < 4.78 is 5.36. The van der Waals surface area contributed by atoms with Crippen molar-refractivity contribution < 1.29 is 4.74 Å². The van der Waals surface area contributed by atoms with Gasteiger partial charge in [0.25, 0.3) is 0 Å². The summed E-state index contributed by atoms with van der Waals surface area (Å²) in [6, 6.07) is 8.87. The number of nitrogens with two attached hydrogens (primary N) is 1. The van der Waals surface area contributed by atoms with Gasteiger partial charge in [0.05, 0.1) is 13.2 Å². The van der Waals surface area contributed by atoms with Crippen LogP contribution < -0.4 is 5.73 Å². The van der Waals surface area contributed by atoms with E-state index in [-0.39, 0.29) is 0 Å². The number of ether oxygens (including phenoxy) is 1. The van der Waals surface area contributed by atoms with Crippen LogP contribution in [0.2, 0.25) is 0 Å². The molecule has 0 aliphatic carbocycles. The van der Waals surface area contributed by atoms with Gasteiger partial charge in [-0.2, -0.15) is 0 Å². The molecule has 0 aromatic heterocycles. The Bertz CT molecular complexity index is 335. The van der Waals surface area contributed by atoms with Crippen LogP contribution in [-0.4, -0.2) is 37.7 Å². The predicted octanol–water partition coefficient (Wildman–Crippen LogP) is 1.41. The highest BCUT2D eigenvalue weighted by atomic mass is 16.5. The number of hydrogen-bond donors (Lipinski definition) is 1.